The molecule has 0 spiro atoms. The Bertz CT molecular complexity index is 1190. The van der Waals surface area contributed by atoms with Gasteiger partial charge in [0.25, 0.3) is 0 Å². The van der Waals surface area contributed by atoms with Crippen LogP contribution in [0.5, 0.6) is 11.5 Å². The van der Waals surface area contributed by atoms with Crippen molar-refractivity contribution in [2.45, 2.75) is 6.54 Å². The largest absolute Gasteiger partial charge is 0.496 e. The Balaban J connectivity index is 1.95. The summed E-state index contributed by atoms with van der Waals surface area (Å²) < 4.78 is 27.1. The maximum atomic E-state index is 14.4. The fourth-order valence-corrected chi connectivity index (χ4v) is 3.79. The van der Waals surface area contributed by atoms with Crippen LogP contribution in [-0.2, 0) is 6.54 Å². The maximum Gasteiger partial charge on any atom is 0.128 e. The highest BCUT2D eigenvalue weighted by molar-refractivity contribution is 6.35. The van der Waals surface area contributed by atoms with Crippen LogP contribution < -0.4 is 9.47 Å². The lowest BCUT2D eigenvalue weighted by molar-refractivity contribution is 0.415. The number of para-hydroxylation sites is 2. The van der Waals surface area contributed by atoms with Gasteiger partial charge in [0, 0.05) is 16.7 Å². The van der Waals surface area contributed by atoms with Crippen LogP contribution in [0.2, 0.25) is 5.02 Å². The highest BCUT2D eigenvalue weighted by Gasteiger charge is 2.23. The number of methoxy groups -OCH3 is 2. The summed E-state index contributed by atoms with van der Waals surface area (Å²) >= 11 is 6.87. The third kappa shape index (κ3) is 3.64. The summed E-state index contributed by atoms with van der Waals surface area (Å²) in [5.41, 5.74) is 3.26. The molecule has 0 aliphatic heterocycles. The Labute approximate surface area is 179 Å². The summed E-state index contributed by atoms with van der Waals surface area (Å²) in [7, 11) is 3.20. The van der Waals surface area contributed by atoms with E-state index in [0.717, 1.165) is 11.1 Å². The van der Waals surface area contributed by atoms with Crippen molar-refractivity contribution in [2.75, 3.05) is 14.2 Å². The number of ether oxygens (including phenoxy) is 2. The number of rotatable bonds is 6. The van der Waals surface area contributed by atoms with Crippen LogP contribution in [-0.4, -0.2) is 24.0 Å². The lowest BCUT2D eigenvalue weighted by Crippen LogP contribution is -2.06. The molecule has 152 valence electrons. The molecule has 4 nitrogen and oxygen atoms in total. The van der Waals surface area contributed by atoms with E-state index in [1.54, 1.807) is 37.1 Å². The van der Waals surface area contributed by atoms with E-state index < -0.39 is 0 Å². The van der Waals surface area contributed by atoms with Crippen LogP contribution in [0.15, 0.2) is 72.8 Å². The van der Waals surface area contributed by atoms with E-state index >= 15 is 0 Å². The second-order valence-electron chi connectivity index (χ2n) is 6.66. The van der Waals surface area contributed by atoms with E-state index in [0.29, 0.717) is 33.5 Å². The molecule has 3 aromatic carbocycles. The van der Waals surface area contributed by atoms with Gasteiger partial charge in [0.1, 0.15) is 23.0 Å². The maximum absolute atomic E-state index is 14.4. The second-order valence-corrected chi connectivity index (χ2v) is 7.04. The zero-order valence-corrected chi connectivity index (χ0v) is 17.4. The number of aromatic nitrogens is 2. The van der Waals surface area contributed by atoms with Gasteiger partial charge in [-0.2, -0.15) is 5.10 Å². The number of hydrogen-bond acceptors (Lipinski definition) is 3. The molecule has 0 fully saturated rings. The third-order valence-electron chi connectivity index (χ3n) is 4.90. The number of halogens is 2. The van der Waals surface area contributed by atoms with E-state index in [-0.39, 0.29) is 12.4 Å². The van der Waals surface area contributed by atoms with Gasteiger partial charge in [0.15, 0.2) is 0 Å². The molecule has 4 rings (SSSR count). The molecule has 0 atom stereocenters. The van der Waals surface area contributed by atoms with Crippen molar-refractivity contribution in [3.05, 3.63) is 89.2 Å². The van der Waals surface area contributed by atoms with Gasteiger partial charge < -0.3 is 9.47 Å². The molecule has 0 saturated heterocycles. The van der Waals surface area contributed by atoms with Crippen molar-refractivity contribution < 1.29 is 13.9 Å². The van der Waals surface area contributed by atoms with Crippen molar-refractivity contribution in [3.8, 4) is 34.0 Å². The molecule has 0 radical (unpaired) electrons. The highest BCUT2D eigenvalue weighted by atomic mass is 35.5. The third-order valence-corrected chi connectivity index (χ3v) is 5.25. The SMILES string of the molecule is COc1ccccc1-c1nn(Cc2ccccc2F)c(-c2ccccc2OC)c1Cl. The van der Waals surface area contributed by atoms with Gasteiger partial charge in [0.05, 0.1) is 31.5 Å². The Morgan fingerprint density at radius 3 is 2.07 bits per heavy atom. The topological polar surface area (TPSA) is 36.3 Å². The number of nitrogens with zero attached hydrogens (tertiary/aromatic N) is 2. The van der Waals surface area contributed by atoms with Crippen molar-refractivity contribution in [2.24, 2.45) is 0 Å². The molecule has 0 aliphatic rings. The molecule has 0 bridgehead atoms. The Morgan fingerprint density at radius 2 is 1.40 bits per heavy atom. The first-order chi connectivity index (χ1) is 14.6. The van der Waals surface area contributed by atoms with Crippen LogP contribution in [0.4, 0.5) is 4.39 Å². The highest BCUT2D eigenvalue weighted by Crippen LogP contribution is 2.42. The molecule has 0 aliphatic carbocycles. The van der Waals surface area contributed by atoms with Gasteiger partial charge in [-0.25, -0.2) is 4.39 Å². The average molecular weight is 423 g/mol. The van der Waals surface area contributed by atoms with E-state index in [4.69, 9.17) is 26.2 Å². The molecular weight excluding hydrogens is 403 g/mol. The van der Waals surface area contributed by atoms with Crippen molar-refractivity contribution in [1.29, 1.82) is 0 Å². The minimum absolute atomic E-state index is 0.217. The Morgan fingerprint density at radius 1 is 0.833 bits per heavy atom. The standard InChI is InChI=1S/C24H20ClFN2O2/c1-29-20-13-7-4-10-17(20)23-22(25)24(18-11-5-8-14-21(18)30-2)28(27-23)15-16-9-3-6-12-19(16)26/h3-14H,15H2,1-2H3. The second kappa shape index (κ2) is 8.59. The van der Waals surface area contributed by atoms with Crippen LogP contribution >= 0.6 is 11.6 Å². The summed E-state index contributed by atoms with van der Waals surface area (Å²) in [6.45, 7) is 0.217. The monoisotopic (exact) mass is 422 g/mol. The van der Waals surface area contributed by atoms with Crippen LogP contribution in [0, 0.1) is 5.82 Å². The van der Waals surface area contributed by atoms with Crippen LogP contribution in [0.25, 0.3) is 22.5 Å². The lowest BCUT2D eigenvalue weighted by atomic mass is 10.1. The van der Waals surface area contributed by atoms with Crippen molar-refractivity contribution >= 4 is 11.6 Å². The molecule has 6 heteroatoms. The van der Waals surface area contributed by atoms with Gasteiger partial charge in [-0.15, -0.1) is 0 Å². The Hall–Kier alpha value is -3.31. The predicted octanol–water partition coefficient (Wildman–Crippen LogP) is 6.08. The molecule has 30 heavy (non-hydrogen) atoms. The smallest absolute Gasteiger partial charge is 0.128 e. The lowest BCUT2D eigenvalue weighted by Gasteiger charge is -2.12. The van der Waals surface area contributed by atoms with Crippen molar-refractivity contribution in [1.82, 2.24) is 9.78 Å². The predicted molar refractivity (Wildman–Crippen MR) is 117 cm³/mol. The minimum Gasteiger partial charge on any atom is -0.496 e. The van der Waals surface area contributed by atoms with Gasteiger partial charge in [-0.05, 0) is 30.3 Å². The minimum atomic E-state index is -0.297. The molecule has 0 amide bonds. The van der Waals surface area contributed by atoms with Gasteiger partial charge in [0.2, 0.25) is 0 Å². The number of benzene rings is 3. The van der Waals surface area contributed by atoms with Crippen LogP contribution in [0.1, 0.15) is 5.56 Å². The van der Waals surface area contributed by atoms with E-state index in [9.17, 15) is 4.39 Å². The Kier molecular flexibility index (Phi) is 5.72. The summed E-state index contributed by atoms with van der Waals surface area (Å²) in [5.74, 6) is 1.01. The molecule has 0 unspecified atom stereocenters. The molecule has 1 heterocycles. The quantitative estimate of drug-likeness (QED) is 0.378. The first kappa shape index (κ1) is 20.0. The van der Waals surface area contributed by atoms with Gasteiger partial charge >= 0.3 is 0 Å². The first-order valence-electron chi connectivity index (χ1n) is 9.40. The van der Waals surface area contributed by atoms with Crippen LogP contribution in [0.3, 0.4) is 0 Å². The van der Waals surface area contributed by atoms with E-state index in [1.165, 1.54) is 6.07 Å². The van der Waals surface area contributed by atoms with E-state index in [2.05, 4.69) is 0 Å². The molecular formula is C24H20ClFN2O2. The fraction of sp³-hybridized carbons (Fsp3) is 0.125. The fourth-order valence-electron chi connectivity index (χ4n) is 3.45. The molecule has 0 N–H and O–H groups in total. The van der Waals surface area contributed by atoms with Gasteiger partial charge in [-0.1, -0.05) is 54.1 Å². The van der Waals surface area contributed by atoms with Gasteiger partial charge in [-0.3, -0.25) is 4.68 Å². The number of hydrogen-bond donors (Lipinski definition) is 0. The van der Waals surface area contributed by atoms with E-state index in [1.807, 2.05) is 48.5 Å². The summed E-state index contributed by atoms with van der Waals surface area (Å²) in [6.07, 6.45) is 0. The summed E-state index contributed by atoms with van der Waals surface area (Å²) in [5, 5.41) is 5.20. The first-order valence-corrected chi connectivity index (χ1v) is 9.78. The summed E-state index contributed by atoms with van der Waals surface area (Å²) in [4.78, 5) is 0. The molecule has 0 saturated carbocycles. The normalized spacial score (nSPS) is 10.8. The average Bonchev–Trinajstić information content (AvgIpc) is 3.10. The van der Waals surface area contributed by atoms with Crippen molar-refractivity contribution in [3.63, 3.8) is 0 Å². The summed E-state index contributed by atoms with van der Waals surface area (Å²) in [6, 6.07) is 21.7. The molecule has 4 aromatic rings. The zero-order valence-electron chi connectivity index (χ0n) is 16.6. The zero-order chi connectivity index (χ0) is 21.1. The molecule has 1 aromatic heterocycles.